The van der Waals surface area contributed by atoms with Crippen molar-refractivity contribution in [2.24, 2.45) is 0 Å². The summed E-state index contributed by atoms with van der Waals surface area (Å²) >= 11 is 0. The first kappa shape index (κ1) is 23.0. The Balaban J connectivity index is 1.72. The van der Waals surface area contributed by atoms with Crippen LogP contribution >= 0.6 is 0 Å². The second-order valence-corrected chi connectivity index (χ2v) is 9.61. The Morgan fingerprint density at radius 3 is 2.41 bits per heavy atom. The Bertz CT molecular complexity index is 884. The Morgan fingerprint density at radius 1 is 1.06 bits per heavy atom. The first-order valence-corrected chi connectivity index (χ1v) is 12.0. The normalized spacial score (nSPS) is 19.9. The number of ether oxygens (including phenoxy) is 2. The number of aromatic nitrogens is 4. The quantitative estimate of drug-likeness (QED) is 0.620. The topological polar surface area (TPSA) is 68.5 Å². The van der Waals surface area contributed by atoms with Gasteiger partial charge in [-0.25, -0.2) is 4.68 Å². The molecule has 1 aliphatic carbocycles. The first-order chi connectivity index (χ1) is 15.5. The maximum absolute atomic E-state index is 5.85. The summed E-state index contributed by atoms with van der Waals surface area (Å²) < 4.78 is 13.5. The fourth-order valence-electron chi connectivity index (χ4n) is 5.20. The predicted octanol–water partition coefficient (Wildman–Crippen LogP) is 3.49. The molecule has 2 aliphatic rings. The summed E-state index contributed by atoms with van der Waals surface area (Å²) in [6, 6.07) is 6.74. The van der Waals surface area contributed by atoms with Gasteiger partial charge in [0.1, 0.15) is 6.04 Å². The van der Waals surface area contributed by atoms with E-state index in [0.717, 1.165) is 61.5 Å². The van der Waals surface area contributed by atoms with Crippen molar-refractivity contribution in [1.82, 2.24) is 30.0 Å². The van der Waals surface area contributed by atoms with E-state index in [2.05, 4.69) is 52.2 Å². The summed E-state index contributed by atoms with van der Waals surface area (Å²) in [5.74, 6) is 2.34. The molecule has 0 radical (unpaired) electrons. The second-order valence-electron chi connectivity index (χ2n) is 9.61. The van der Waals surface area contributed by atoms with Gasteiger partial charge in [-0.3, -0.25) is 9.80 Å². The Kier molecular flexibility index (Phi) is 7.00. The molecule has 176 valence electrons. The van der Waals surface area contributed by atoms with Crippen LogP contribution in [0.3, 0.4) is 0 Å². The van der Waals surface area contributed by atoms with Gasteiger partial charge in [-0.1, -0.05) is 31.9 Å². The molecule has 1 aromatic heterocycles. The number of rotatable bonds is 8. The minimum Gasteiger partial charge on any atom is -0.493 e. The van der Waals surface area contributed by atoms with Crippen LogP contribution in [-0.4, -0.2) is 76.4 Å². The fraction of sp³-hybridized carbons (Fsp3) is 0.708. The van der Waals surface area contributed by atoms with Crippen molar-refractivity contribution in [3.8, 4) is 11.5 Å². The van der Waals surface area contributed by atoms with E-state index in [1.165, 1.54) is 25.7 Å². The third-order valence-electron chi connectivity index (χ3n) is 7.46. The lowest BCUT2D eigenvalue weighted by atomic mass is 9.98. The molecule has 0 spiro atoms. The van der Waals surface area contributed by atoms with Crippen molar-refractivity contribution in [1.29, 1.82) is 0 Å². The highest BCUT2D eigenvalue weighted by molar-refractivity contribution is 5.49. The second kappa shape index (κ2) is 9.75. The molecule has 8 heteroatoms. The summed E-state index contributed by atoms with van der Waals surface area (Å²) in [6.45, 7) is 10.6. The van der Waals surface area contributed by atoms with Gasteiger partial charge in [-0.2, -0.15) is 0 Å². The molecule has 2 aromatic rings. The zero-order valence-electron chi connectivity index (χ0n) is 20.3. The molecule has 1 atom stereocenters. The Hall–Kier alpha value is -2.19. The summed E-state index contributed by atoms with van der Waals surface area (Å²) in [5.41, 5.74) is 0.860. The van der Waals surface area contributed by atoms with Gasteiger partial charge in [0.15, 0.2) is 17.3 Å². The molecule has 32 heavy (non-hydrogen) atoms. The molecule has 1 aliphatic heterocycles. The van der Waals surface area contributed by atoms with Crippen LogP contribution in [0.15, 0.2) is 18.2 Å². The van der Waals surface area contributed by atoms with Crippen LogP contribution in [0.1, 0.15) is 70.3 Å². The highest BCUT2D eigenvalue weighted by Crippen LogP contribution is 2.41. The van der Waals surface area contributed by atoms with Crippen LogP contribution in [0.2, 0.25) is 0 Å². The highest BCUT2D eigenvalue weighted by atomic mass is 16.5. The third-order valence-corrected chi connectivity index (χ3v) is 7.46. The highest BCUT2D eigenvalue weighted by Gasteiger charge is 2.37. The zero-order valence-corrected chi connectivity index (χ0v) is 20.3. The summed E-state index contributed by atoms with van der Waals surface area (Å²) in [5, 5.41) is 13.1. The lowest BCUT2D eigenvalue weighted by Gasteiger charge is -2.42. The smallest absolute Gasteiger partial charge is 0.173 e. The fourth-order valence-corrected chi connectivity index (χ4v) is 5.20. The van der Waals surface area contributed by atoms with E-state index in [4.69, 9.17) is 9.47 Å². The summed E-state index contributed by atoms with van der Waals surface area (Å²) in [7, 11) is 3.39. The van der Waals surface area contributed by atoms with Gasteiger partial charge in [0.2, 0.25) is 0 Å². The van der Waals surface area contributed by atoms with E-state index in [-0.39, 0.29) is 11.6 Å². The summed E-state index contributed by atoms with van der Waals surface area (Å²) in [4.78, 5) is 5.19. The van der Waals surface area contributed by atoms with E-state index in [1.54, 1.807) is 14.2 Å². The van der Waals surface area contributed by atoms with E-state index < -0.39 is 0 Å². The maximum Gasteiger partial charge on any atom is 0.173 e. The molecule has 4 rings (SSSR count). The third kappa shape index (κ3) is 4.35. The van der Waals surface area contributed by atoms with Gasteiger partial charge < -0.3 is 9.47 Å². The average molecular weight is 443 g/mol. The number of piperazine rings is 1. The van der Waals surface area contributed by atoms with Gasteiger partial charge in [-0.05, 0) is 49.6 Å². The number of benzene rings is 1. The van der Waals surface area contributed by atoms with Gasteiger partial charge in [0.05, 0.1) is 19.8 Å². The van der Waals surface area contributed by atoms with Crippen molar-refractivity contribution in [2.45, 2.75) is 70.5 Å². The van der Waals surface area contributed by atoms with Gasteiger partial charge in [-0.15, -0.1) is 5.10 Å². The Labute approximate surface area is 191 Å². The SMILES string of the molecule is CCC(C)(C)n1nnnc1C(c1cccc(OC)c1OC)N1CCN(C2CCCC2)CC1. The van der Waals surface area contributed by atoms with Crippen LogP contribution < -0.4 is 9.47 Å². The molecule has 1 unspecified atom stereocenters. The average Bonchev–Trinajstić information content (AvgIpc) is 3.52. The van der Waals surface area contributed by atoms with Crippen LogP contribution in [-0.2, 0) is 5.54 Å². The molecule has 0 amide bonds. The number of hydrogen-bond donors (Lipinski definition) is 0. The van der Waals surface area contributed by atoms with E-state index in [0.29, 0.717) is 0 Å². The molecule has 1 saturated carbocycles. The number of methoxy groups -OCH3 is 2. The monoisotopic (exact) mass is 442 g/mol. The molecule has 0 bridgehead atoms. The first-order valence-electron chi connectivity index (χ1n) is 12.0. The molecular formula is C24H38N6O2. The largest absolute Gasteiger partial charge is 0.493 e. The number of para-hydroxylation sites is 1. The zero-order chi connectivity index (χ0) is 22.7. The molecule has 2 heterocycles. The number of hydrogen-bond acceptors (Lipinski definition) is 7. The van der Waals surface area contributed by atoms with Crippen molar-refractivity contribution in [3.63, 3.8) is 0 Å². The molecular weight excluding hydrogens is 404 g/mol. The van der Waals surface area contributed by atoms with Crippen LogP contribution in [0, 0.1) is 0 Å². The van der Waals surface area contributed by atoms with E-state index in [9.17, 15) is 0 Å². The predicted molar refractivity (Wildman–Crippen MR) is 124 cm³/mol. The van der Waals surface area contributed by atoms with Crippen molar-refractivity contribution in [3.05, 3.63) is 29.6 Å². The molecule has 1 aromatic carbocycles. The van der Waals surface area contributed by atoms with E-state index in [1.807, 2.05) is 16.8 Å². The van der Waals surface area contributed by atoms with Gasteiger partial charge >= 0.3 is 0 Å². The lowest BCUT2D eigenvalue weighted by molar-refractivity contribution is 0.0743. The van der Waals surface area contributed by atoms with Crippen LogP contribution in [0.25, 0.3) is 0 Å². The van der Waals surface area contributed by atoms with Crippen molar-refractivity contribution < 1.29 is 9.47 Å². The lowest BCUT2D eigenvalue weighted by Crippen LogP contribution is -2.51. The Morgan fingerprint density at radius 2 is 1.78 bits per heavy atom. The van der Waals surface area contributed by atoms with Gasteiger partial charge in [0, 0.05) is 37.8 Å². The number of tetrazole rings is 1. The number of nitrogens with zero attached hydrogens (tertiary/aromatic N) is 6. The molecule has 0 N–H and O–H groups in total. The summed E-state index contributed by atoms with van der Waals surface area (Å²) in [6.07, 6.45) is 6.36. The van der Waals surface area contributed by atoms with Crippen molar-refractivity contribution in [2.75, 3.05) is 40.4 Å². The minimum atomic E-state index is -0.186. The van der Waals surface area contributed by atoms with Crippen LogP contribution in [0.4, 0.5) is 0 Å². The molecule has 8 nitrogen and oxygen atoms in total. The standard InChI is InChI=1S/C24H38N6O2/c1-6-24(2,3)30-23(25-26-27-30)21(19-12-9-13-20(31-4)22(19)32-5)29-16-14-28(15-17-29)18-10-7-8-11-18/h9,12-13,18,21H,6-8,10-11,14-17H2,1-5H3. The van der Waals surface area contributed by atoms with Crippen molar-refractivity contribution >= 4 is 0 Å². The van der Waals surface area contributed by atoms with Crippen LogP contribution in [0.5, 0.6) is 11.5 Å². The van der Waals surface area contributed by atoms with E-state index >= 15 is 0 Å². The molecule has 1 saturated heterocycles. The minimum absolute atomic E-state index is 0.105. The molecule has 2 fully saturated rings. The maximum atomic E-state index is 5.85. The van der Waals surface area contributed by atoms with Gasteiger partial charge in [0.25, 0.3) is 0 Å².